The first-order valence-electron chi connectivity index (χ1n) is 4.83. The van der Waals surface area contributed by atoms with Crippen molar-refractivity contribution in [1.29, 1.82) is 0 Å². The number of hydrogen-bond donors (Lipinski definition) is 1. The molecule has 0 aliphatic rings. The maximum atomic E-state index is 5.90. The number of rotatable bonds is 2. The first-order chi connectivity index (χ1) is 8.15. The van der Waals surface area contributed by atoms with Crippen molar-refractivity contribution in [3.05, 3.63) is 58.3 Å². The molecule has 5 heteroatoms. The zero-order valence-electron chi connectivity index (χ0n) is 8.65. The maximum Gasteiger partial charge on any atom is 0.129 e. The van der Waals surface area contributed by atoms with Crippen molar-refractivity contribution in [2.75, 3.05) is 5.32 Å². The lowest BCUT2D eigenvalue weighted by atomic mass is 10.3. The Bertz CT molecular complexity index is 523. The van der Waals surface area contributed by atoms with Gasteiger partial charge in [-0.3, -0.25) is 4.98 Å². The standard InChI is InChI=1S/C12H8Cl2N2S/c13-8-5-9(14)7-10(6-8)16-12(17)11-3-1-2-4-15-11/h1-7H,(H,16,17). The monoisotopic (exact) mass is 282 g/mol. The molecule has 2 rings (SSSR count). The highest BCUT2D eigenvalue weighted by Crippen LogP contribution is 2.22. The molecule has 1 aromatic heterocycles. The lowest BCUT2D eigenvalue weighted by Gasteiger charge is -2.08. The van der Waals surface area contributed by atoms with Crippen LogP contribution in [0.1, 0.15) is 5.69 Å². The summed E-state index contributed by atoms with van der Waals surface area (Å²) in [6.07, 6.45) is 1.69. The lowest BCUT2D eigenvalue weighted by molar-refractivity contribution is 1.30. The Balaban J connectivity index is 2.19. The molecule has 0 radical (unpaired) electrons. The first-order valence-corrected chi connectivity index (χ1v) is 6.00. The van der Waals surface area contributed by atoms with Crippen LogP contribution >= 0.6 is 35.4 Å². The van der Waals surface area contributed by atoms with Gasteiger partial charge in [-0.1, -0.05) is 41.5 Å². The minimum absolute atomic E-state index is 0.531. The highest BCUT2D eigenvalue weighted by atomic mass is 35.5. The second-order valence-electron chi connectivity index (χ2n) is 3.33. The molecule has 17 heavy (non-hydrogen) atoms. The lowest BCUT2D eigenvalue weighted by Crippen LogP contribution is -2.11. The van der Waals surface area contributed by atoms with Gasteiger partial charge in [0.05, 0.1) is 5.69 Å². The van der Waals surface area contributed by atoms with E-state index >= 15 is 0 Å². The van der Waals surface area contributed by atoms with Crippen molar-refractivity contribution in [1.82, 2.24) is 4.98 Å². The molecule has 0 saturated heterocycles. The van der Waals surface area contributed by atoms with E-state index in [1.807, 2.05) is 18.2 Å². The van der Waals surface area contributed by atoms with E-state index < -0.39 is 0 Å². The van der Waals surface area contributed by atoms with Gasteiger partial charge in [-0.05, 0) is 30.3 Å². The van der Waals surface area contributed by atoms with Gasteiger partial charge in [-0.15, -0.1) is 0 Å². The summed E-state index contributed by atoms with van der Waals surface area (Å²) >= 11 is 17.0. The summed E-state index contributed by atoms with van der Waals surface area (Å²) in [5.41, 5.74) is 1.46. The molecule has 0 bridgehead atoms. The Kier molecular flexibility index (Phi) is 3.94. The summed E-state index contributed by atoms with van der Waals surface area (Å²) < 4.78 is 0. The van der Waals surface area contributed by atoms with Crippen LogP contribution in [-0.4, -0.2) is 9.97 Å². The summed E-state index contributed by atoms with van der Waals surface area (Å²) in [5, 5.41) is 4.16. The summed E-state index contributed by atoms with van der Waals surface area (Å²) in [4.78, 5) is 4.68. The van der Waals surface area contributed by atoms with Crippen molar-refractivity contribution >= 4 is 46.1 Å². The number of thiocarbonyl (C=S) groups is 1. The Morgan fingerprint density at radius 2 is 1.82 bits per heavy atom. The van der Waals surface area contributed by atoms with Gasteiger partial charge in [0.1, 0.15) is 4.99 Å². The Morgan fingerprint density at radius 3 is 2.41 bits per heavy atom. The smallest absolute Gasteiger partial charge is 0.129 e. The van der Waals surface area contributed by atoms with E-state index in [4.69, 9.17) is 35.4 Å². The number of hydrogen-bond acceptors (Lipinski definition) is 2. The van der Waals surface area contributed by atoms with E-state index in [1.54, 1.807) is 24.4 Å². The number of anilines is 1. The van der Waals surface area contributed by atoms with Crippen LogP contribution in [0.2, 0.25) is 10.0 Å². The number of benzene rings is 1. The number of pyridine rings is 1. The molecular weight excluding hydrogens is 275 g/mol. The Morgan fingerprint density at radius 1 is 1.12 bits per heavy atom. The summed E-state index contributed by atoms with van der Waals surface area (Å²) in [6, 6.07) is 10.7. The zero-order valence-corrected chi connectivity index (χ0v) is 11.0. The van der Waals surface area contributed by atoms with E-state index in [9.17, 15) is 0 Å². The van der Waals surface area contributed by atoms with Crippen LogP contribution in [0.4, 0.5) is 5.69 Å². The van der Waals surface area contributed by atoms with Gasteiger partial charge in [-0.25, -0.2) is 0 Å². The molecule has 0 fully saturated rings. The van der Waals surface area contributed by atoms with Gasteiger partial charge in [0.2, 0.25) is 0 Å². The minimum atomic E-state index is 0.531. The van der Waals surface area contributed by atoms with Gasteiger partial charge in [0.25, 0.3) is 0 Å². The molecule has 1 aromatic carbocycles. The van der Waals surface area contributed by atoms with Crippen LogP contribution in [0, 0.1) is 0 Å². The normalized spacial score (nSPS) is 10.0. The molecule has 0 aliphatic heterocycles. The van der Waals surface area contributed by atoms with Crippen LogP contribution in [0.3, 0.4) is 0 Å². The van der Waals surface area contributed by atoms with E-state index in [0.717, 1.165) is 5.69 Å². The summed E-state index contributed by atoms with van der Waals surface area (Å²) in [5.74, 6) is 0. The van der Waals surface area contributed by atoms with Gasteiger partial charge >= 0.3 is 0 Å². The molecule has 0 saturated carbocycles. The molecule has 2 aromatic rings. The molecule has 0 unspecified atom stereocenters. The first kappa shape index (κ1) is 12.3. The Labute approximate surface area is 115 Å². The SMILES string of the molecule is S=C(Nc1cc(Cl)cc(Cl)c1)c1ccccn1. The third-order valence-corrected chi connectivity index (χ3v) is 2.77. The van der Waals surface area contributed by atoms with Crippen LogP contribution in [0.5, 0.6) is 0 Å². The van der Waals surface area contributed by atoms with Crippen LogP contribution in [-0.2, 0) is 0 Å². The fraction of sp³-hybridized carbons (Fsp3) is 0. The highest BCUT2D eigenvalue weighted by Gasteiger charge is 2.03. The molecule has 0 aliphatic carbocycles. The zero-order chi connectivity index (χ0) is 12.3. The fourth-order valence-corrected chi connectivity index (χ4v) is 2.08. The highest BCUT2D eigenvalue weighted by molar-refractivity contribution is 7.81. The third-order valence-electron chi connectivity index (χ3n) is 2.02. The number of halogens is 2. The Hall–Kier alpha value is -1.16. The van der Waals surface area contributed by atoms with Gasteiger partial charge in [-0.2, -0.15) is 0 Å². The molecule has 0 spiro atoms. The molecule has 2 nitrogen and oxygen atoms in total. The maximum absolute atomic E-state index is 5.90. The second kappa shape index (κ2) is 5.45. The average Bonchev–Trinajstić information content (AvgIpc) is 2.28. The quantitative estimate of drug-likeness (QED) is 0.837. The largest absolute Gasteiger partial charge is 0.345 e. The van der Waals surface area contributed by atoms with E-state index in [-0.39, 0.29) is 0 Å². The third kappa shape index (κ3) is 3.40. The van der Waals surface area contributed by atoms with E-state index in [2.05, 4.69) is 10.3 Å². The van der Waals surface area contributed by atoms with Crippen LogP contribution < -0.4 is 5.32 Å². The van der Waals surface area contributed by atoms with Crippen molar-refractivity contribution in [2.45, 2.75) is 0 Å². The van der Waals surface area contributed by atoms with Gasteiger partial charge in [0, 0.05) is 21.9 Å². The minimum Gasteiger partial charge on any atom is -0.345 e. The van der Waals surface area contributed by atoms with Crippen molar-refractivity contribution in [3.8, 4) is 0 Å². The number of nitrogens with zero attached hydrogens (tertiary/aromatic N) is 1. The predicted octanol–water partition coefficient (Wildman–Crippen LogP) is 4.18. The van der Waals surface area contributed by atoms with Crippen LogP contribution in [0.25, 0.3) is 0 Å². The molecule has 1 heterocycles. The van der Waals surface area contributed by atoms with Crippen LogP contribution in [0.15, 0.2) is 42.6 Å². The molecule has 0 amide bonds. The van der Waals surface area contributed by atoms with Crippen molar-refractivity contribution < 1.29 is 0 Å². The summed E-state index contributed by atoms with van der Waals surface area (Å²) in [7, 11) is 0. The topological polar surface area (TPSA) is 24.9 Å². The second-order valence-corrected chi connectivity index (χ2v) is 4.61. The molecule has 1 N–H and O–H groups in total. The average molecular weight is 283 g/mol. The molecule has 0 atom stereocenters. The van der Waals surface area contributed by atoms with E-state index in [0.29, 0.717) is 20.7 Å². The predicted molar refractivity (Wildman–Crippen MR) is 76.0 cm³/mol. The van der Waals surface area contributed by atoms with Gasteiger partial charge in [0.15, 0.2) is 0 Å². The van der Waals surface area contributed by atoms with E-state index in [1.165, 1.54) is 0 Å². The molecular formula is C12H8Cl2N2S. The van der Waals surface area contributed by atoms with Crippen molar-refractivity contribution in [3.63, 3.8) is 0 Å². The fourth-order valence-electron chi connectivity index (χ4n) is 1.32. The number of nitrogens with one attached hydrogen (secondary N) is 1. The molecule has 86 valence electrons. The summed E-state index contributed by atoms with van der Waals surface area (Å²) in [6.45, 7) is 0. The van der Waals surface area contributed by atoms with Gasteiger partial charge < -0.3 is 5.32 Å². The number of aromatic nitrogens is 1. The van der Waals surface area contributed by atoms with Crippen molar-refractivity contribution in [2.24, 2.45) is 0 Å².